The van der Waals surface area contributed by atoms with Gasteiger partial charge in [-0.15, -0.1) is 0 Å². The summed E-state index contributed by atoms with van der Waals surface area (Å²) in [7, 11) is 0. The van der Waals surface area contributed by atoms with Crippen LogP contribution in [0, 0.1) is 11.8 Å². The van der Waals surface area contributed by atoms with Crippen LogP contribution in [-0.4, -0.2) is 35.5 Å². The zero-order valence-corrected chi connectivity index (χ0v) is 13.6. The highest BCUT2D eigenvalue weighted by Gasteiger charge is 2.33. The van der Waals surface area contributed by atoms with Gasteiger partial charge >= 0.3 is 6.09 Å². The summed E-state index contributed by atoms with van der Waals surface area (Å²) in [5.74, 6) is 0.797. The average molecular weight is 283 g/mol. The Balaban J connectivity index is 2.46. The van der Waals surface area contributed by atoms with Gasteiger partial charge in [0.1, 0.15) is 11.4 Å². The second kappa shape index (κ2) is 7.09. The monoisotopic (exact) mass is 283 g/mol. The summed E-state index contributed by atoms with van der Waals surface area (Å²) in [6.07, 6.45) is 3.23. The molecule has 1 unspecified atom stereocenters. The van der Waals surface area contributed by atoms with Crippen LogP contribution in [0.1, 0.15) is 60.3 Å². The van der Waals surface area contributed by atoms with Crippen LogP contribution < -0.4 is 0 Å². The number of ether oxygens (including phenoxy) is 1. The van der Waals surface area contributed by atoms with Crippen molar-refractivity contribution < 1.29 is 14.3 Å². The van der Waals surface area contributed by atoms with E-state index in [9.17, 15) is 9.59 Å². The minimum atomic E-state index is -0.477. The van der Waals surface area contributed by atoms with Crippen LogP contribution in [0.3, 0.4) is 0 Å². The first-order chi connectivity index (χ1) is 9.26. The van der Waals surface area contributed by atoms with Crippen LogP contribution in [-0.2, 0) is 9.53 Å². The first-order valence-corrected chi connectivity index (χ1v) is 7.77. The maximum Gasteiger partial charge on any atom is 0.410 e. The molecule has 1 saturated heterocycles. The molecule has 0 aromatic rings. The minimum absolute atomic E-state index is 0.00289. The van der Waals surface area contributed by atoms with Crippen molar-refractivity contribution in [2.45, 2.75) is 65.9 Å². The van der Waals surface area contributed by atoms with Crippen molar-refractivity contribution in [2.24, 2.45) is 11.8 Å². The lowest BCUT2D eigenvalue weighted by Gasteiger charge is -2.24. The van der Waals surface area contributed by atoms with Gasteiger partial charge in [0.2, 0.25) is 0 Å². The Morgan fingerprint density at radius 2 is 1.85 bits per heavy atom. The molecule has 20 heavy (non-hydrogen) atoms. The number of carbonyl (C=O) groups excluding carboxylic acids is 2. The van der Waals surface area contributed by atoms with E-state index in [1.165, 1.54) is 0 Å². The summed E-state index contributed by atoms with van der Waals surface area (Å²) in [4.78, 5) is 25.9. The second-order valence-electron chi connectivity index (χ2n) is 6.76. The molecule has 1 amide bonds. The molecule has 0 spiro atoms. The van der Waals surface area contributed by atoms with Crippen molar-refractivity contribution in [3.63, 3.8) is 0 Å². The van der Waals surface area contributed by atoms with Gasteiger partial charge in [-0.1, -0.05) is 26.7 Å². The molecule has 0 bridgehead atoms. The van der Waals surface area contributed by atoms with Crippen molar-refractivity contribution in [1.29, 1.82) is 0 Å². The third-order valence-electron chi connectivity index (χ3n) is 3.94. The molecular formula is C16H29NO3. The van der Waals surface area contributed by atoms with Gasteiger partial charge in [-0.05, 0) is 33.1 Å². The molecular weight excluding hydrogens is 254 g/mol. The molecule has 1 aliphatic heterocycles. The largest absolute Gasteiger partial charge is 0.444 e. The van der Waals surface area contributed by atoms with E-state index in [4.69, 9.17) is 4.74 Å². The standard InChI is InChI=1S/C16H29NO3/c1-6-12(7-2)10-14(18)13-8-9-17(11-13)15(19)20-16(3,4)5/h12-13H,6-11H2,1-5H3. The number of amides is 1. The highest BCUT2D eigenvalue weighted by atomic mass is 16.6. The number of Topliss-reactive ketones (excluding diaryl/α,β-unsaturated/α-hetero) is 1. The number of likely N-dealkylation sites (tertiary alicyclic amines) is 1. The Morgan fingerprint density at radius 1 is 1.25 bits per heavy atom. The molecule has 1 atom stereocenters. The molecule has 0 N–H and O–H groups in total. The van der Waals surface area contributed by atoms with Crippen molar-refractivity contribution in [2.75, 3.05) is 13.1 Å². The zero-order chi connectivity index (χ0) is 15.3. The maximum absolute atomic E-state index is 12.2. The molecule has 1 aliphatic rings. The fraction of sp³-hybridized carbons (Fsp3) is 0.875. The van der Waals surface area contributed by atoms with Gasteiger partial charge in [0, 0.05) is 25.4 Å². The van der Waals surface area contributed by atoms with E-state index in [1.807, 2.05) is 20.8 Å². The number of ketones is 1. The molecule has 1 fully saturated rings. The van der Waals surface area contributed by atoms with Crippen LogP contribution >= 0.6 is 0 Å². The predicted octanol–water partition coefficient (Wildman–Crippen LogP) is 3.64. The molecule has 1 rings (SSSR count). The molecule has 0 saturated carbocycles. The Kier molecular flexibility index (Phi) is 6.03. The van der Waals surface area contributed by atoms with E-state index in [-0.39, 0.29) is 12.0 Å². The van der Waals surface area contributed by atoms with Gasteiger partial charge in [0.25, 0.3) is 0 Å². The molecule has 0 aromatic heterocycles. The fourth-order valence-electron chi connectivity index (χ4n) is 2.54. The third kappa shape index (κ3) is 5.14. The lowest BCUT2D eigenvalue weighted by Crippen LogP contribution is -2.36. The fourth-order valence-corrected chi connectivity index (χ4v) is 2.54. The van der Waals surface area contributed by atoms with E-state index >= 15 is 0 Å². The predicted molar refractivity (Wildman–Crippen MR) is 79.6 cm³/mol. The number of rotatable bonds is 5. The van der Waals surface area contributed by atoms with Gasteiger partial charge in [-0.2, -0.15) is 0 Å². The molecule has 116 valence electrons. The van der Waals surface area contributed by atoms with E-state index in [0.29, 0.717) is 31.2 Å². The van der Waals surface area contributed by atoms with E-state index in [2.05, 4.69) is 13.8 Å². The molecule has 1 heterocycles. The summed E-state index contributed by atoms with van der Waals surface area (Å²) in [5.41, 5.74) is -0.477. The zero-order valence-electron chi connectivity index (χ0n) is 13.6. The van der Waals surface area contributed by atoms with E-state index in [0.717, 1.165) is 19.3 Å². The lowest BCUT2D eigenvalue weighted by molar-refractivity contribution is -0.123. The Morgan fingerprint density at radius 3 is 2.35 bits per heavy atom. The quantitative estimate of drug-likeness (QED) is 0.774. The van der Waals surface area contributed by atoms with Crippen LogP contribution in [0.15, 0.2) is 0 Å². The van der Waals surface area contributed by atoms with Gasteiger partial charge in [0.15, 0.2) is 0 Å². The number of hydrogen-bond acceptors (Lipinski definition) is 3. The molecule has 4 nitrogen and oxygen atoms in total. The summed E-state index contributed by atoms with van der Waals surface area (Å²) < 4.78 is 5.35. The normalized spacial score (nSPS) is 19.5. The van der Waals surface area contributed by atoms with Gasteiger partial charge in [-0.3, -0.25) is 4.79 Å². The number of nitrogens with zero attached hydrogens (tertiary/aromatic N) is 1. The van der Waals surface area contributed by atoms with Gasteiger partial charge in [-0.25, -0.2) is 4.79 Å². The molecule has 0 radical (unpaired) electrons. The first-order valence-electron chi connectivity index (χ1n) is 7.77. The third-order valence-corrected chi connectivity index (χ3v) is 3.94. The van der Waals surface area contributed by atoms with Crippen molar-refractivity contribution in [3.8, 4) is 0 Å². The average Bonchev–Trinajstić information content (AvgIpc) is 2.83. The first kappa shape index (κ1) is 17.0. The molecule has 0 aromatic carbocycles. The Labute approximate surface area is 122 Å². The van der Waals surface area contributed by atoms with Crippen molar-refractivity contribution in [3.05, 3.63) is 0 Å². The summed E-state index contributed by atoms with van der Waals surface area (Å²) in [6.45, 7) is 11.0. The number of carbonyl (C=O) groups is 2. The SMILES string of the molecule is CCC(CC)CC(=O)C1CCN(C(=O)OC(C)(C)C)C1. The molecule has 4 heteroatoms. The minimum Gasteiger partial charge on any atom is -0.444 e. The second-order valence-corrected chi connectivity index (χ2v) is 6.76. The van der Waals surface area contributed by atoms with Crippen LogP contribution in [0.4, 0.5) is 4.79 Å². The lowest BCUT2D eigenvalue weighted by atomic mass is 9.91. The topological polar surface area (TPSA) is 46.6 Å². The highest BCUT2D eigenvalue weighted by Crippen LogP contribution is 2.24. The van der Waals surface area contributed by atoms with E-state index < -0.39 is 5.60 Å². The van der Waals surface area contributed by atoms with E-state index in [1.54, 1.807) is 4.90 Å². The van der Waals surface area contributed by atoms with Crippen LogP contribution in [0.25, 0.3) is 0 Å². The van der Waals surface area contributed by atoms with Crippen molar-refractivity contribution >= 4 is 11.9 Å². The summed E-state index contributed by atoms with van der Waals surface area (Å²) in [6, 6.07) is 0. The Bertz CT molecular complexity index is 342. The van der Waals surface area contributed by atoms with Gasteiger partial charge in [0.05, 0.1) is 0 Å². The van der Waals surface area contributed by atoms with Gasteiger partial charge < -0.3 is 9.64 Å². The smallest absolute Gasteiger partial charge is 0.410 e. The van der Waals surface area contributed by atoms with Crippen LogP contribution in [0.5, 0.6) is 0 Å². The van der Waals surface area contributed by atoms with Crippen molar-refractivity contribution in [1.82, 2.24) is 4.90 Å². The highest BCUT2D eigenvalue weighted by molar-refractivity contribution is 5.82. The van der Waals surface area contributed by atoms with Crippen LogP contribution in [0.2, 0.25) is 0 Å². The molecule has 0 aliphatic carbocycles. The Hall–Kier alpha value is -1.06. The summed E-state index contributed by atoms with van der Waals surface area (Å²) >= 11 is 0. The maximum atomic E-state index is 12.2. The summed E-state index contributed by atoms with van der Waals surface area (Å²) in [5, 5.41) is 0. The number of hydrogen-bond donors (Lipinski definition) is 0.